The highest BCUT2D eigenvalue weighted by Crippen LogP contribution is 2.33. The Bertz CT molecular complexity index is 744. The number of benzene rings is 2. The number of hydrogen-bond donors (Lipinski definition) is 1. The predicted molar refractivity (Wildman–Crippen MR) is 81.9 cm³/mol. The van der Waals surface area contributed by atoms with Crippen molar-refractivity contribution in [3.05, 3.63) is 41.5 Å². The summed E-state index contributed by atoms with van der Waals surface area (Å²) in [4.78, 5) is -0.0144. The Morgan fingerprint density at radius 2 is 1.60 bits per heavy atom. The molecular weight excluding hydrogens is 272 g/mol. The van der Waals surface area contributed by atoms with Crippen LogP contribution in [0.3, 0.4) is 0 Å². The molecule has 1 N–H and O–H groups in total. The minimum Gasteiger partial charge on any atom is -0.282 e. The summed E-state index contributed by atoms with van der Waals surface area (Å²) < 4.78 is 32.5. The maximum absolute atomic E-state index is 11.6. The van der Waals surface area contributed by atoms with Gasteiger partial charge in [0.15, 0.2) is 0 Å². The molecule has 0 atom stereocenters. The molecule has 2 rings (SSSR count). The quantitative estimate of drug-likeness (QED) is 0.856. The zero-order valence-corrected chi connectivity index (χ0v) is 13.0. The van der Waals surface area contributed by atoms with Crippen LogP contribution in [0.25, 0.3) is 10.8 Å². The molecule has 0 radical (unpaired) electrons. The van der Waals surface area contributed by atoms with Crippen molar-refractivity contribution in [1.82, 2.24) is 0 Å². The minimum absolute atomic E-state index is 0.0144. The second kappa shape index (κ2) is 5.19. The van der Waals surface area contributed by atoms with Gasteiger partial charge in [0.1, 0.15) is 4.90 Å². The van der Waals surface area contributed by atoms with Gasteiger partial charge in [-0.25, -0.2) is 0 Å². The summed E-state index contributed by atoms with van der Waals surface area (Å²) in [6.07, 6.45) is 0. The first-order chi connectivity index (χ1) is 9.21. The summed E-state index contributed by atoms with van der Waals surface area (Å²) in [6, 6.07) is 9.03. The summed E-state index contributed by atoms with van der Waals surface area (Å²) in [7, 11) is -4.21. The van der Waals surface area contributed by atoms with Crippen molar-refractivity contribution in [3.8, 4) is 0 Å². The largest absolute Gasteiger partial charge is 0.295 e. The van der Waals surface area contributed by atoms with E-state index in [4.69, 9.17) is 0 Å². The third-order valence-electron chi connectivity index (χ3n) is 3.58. The minimum atomic E-state index is -4.21. The van der Waals surface area contributed by atoms with E-state index < -0.39 is 10.1 Å². The van der Waals surface area contributed by atoms with Crippen molar-refractivity contribution in [2.24, 2.45) is 0 Å². The maximum Gasteiger partial charge on any atom is 0.295 e. The Labute approximate surface area is 120 Å². The maximum atomic E-state index is 11.6. The first kappa shape index (κ1) is 15.0. The van der Waals surface area contributed by atoms with Crippen LogP contribution in [0, 0.1) is 0 Å². The van der Waals surface area contributed by atoms with E-state index in [0.717, 1.165) is 16.5 Å². The molecule has 0 saturated heterocycles. The molecular formula is C16H20O3S. The predicted octanol–water partition coefficient (Wildman–Crippen LogP) is 4.33. The van der Waals surface area contributed by atoms with Crippen molar-refractivity contribution in [2.75, 3.05) is 0 Å². The molecule has 20 heavy (non-hydrogen) atoms. The SMILES string of the molecule is CC(C)c1cc(C(C)C)c2cccc(S(=O)(=O)O)c2c1. The Kier molecular flexibility index (Phi) is 3.89. The number of fused-ring (bicyclic) bond motifs is 1. The van der Waals surface area contributed by atoms with Crippen molar-refractivity contribution in [2.45, 2.75) is 44.4 Å². The van der Waals surface area contributed by atoms with E-state index in [9.17, 15) is 13.0 Å². The van der Waals surface area contributed by atoms with Gasteiger partial charge >= 0.3 is 0 Å². The van der Waals surface area contributed by atoms with Gasteiger partial charge in [0.05, 0.1) is 0 Å². The molecule has 3 nitrogen and oxygen atoms in total. The van der Waals surface area contributed by atoms with Crippen molar-refractivity contribution in [1.29, 1.82) is 0 Å². The molecule has 2 aromatic rings. The third kappa shape index (κ3) is 2.72. The monoisotopic (exact) mass is 292 g/mol. The lowest BCUT2D eigenvalue weighted by Gasteiger charge is -2.16. The Hall–Kier alpha value is -1.39. The molecule has 0 amide bonds. The van der Waals surface area contributed by atoms with Crippen molar-refractivity contribution in [3.63, 3.8) is 0 Å². The van der Waals surface area contributed by atoms with Gasteiger partial charge in [0.25, 0.3) is 10.1 Å². The third-order valence-corrected chi connectivity index (χ3v) is 4.49. The Balaban J connectivity index is 2.94. The molecule has 0 spiro atoms. The normalized spacial score (nSPS) is 12.6. The molecule has 0 aliphatic carbocycles. The van der Waals surface area contributed by atoms with Crippen LogP contribution in [0.2, 0.25) is 0 Å². The lowest BCUT2D eigenvalue weighted by Crippen LogP contribution is -2.02. The molecule has 0 fully saturated rings. The highest BCUT2D eigenvalue weighted by Gasteiger charge is 2.17. The molecule has 0 saturated carbocycles. The van der Waals surface area contributed by atoms with E-state index in [2.05, 4.69) is 33.8 Å². The second-order valence-corrected chi connectivity index (χ2v) is 7.14. The lowest BCUT2D eigenvalue weighted by molar-refractivity contribution is 0.484. The van der Waals surface area contributed by atoms with Crippen LogP contribution in [-0.4, -0.2) is 13.0 Å². The van der Waals surface area contributed by atoms with Crippen molar-refractivity contribution >= 4 is 20.9 Å². The smallest absolute Gasteiger partial charge is 0.282 e. The second-order valence-electron chi connectivity index (χ2n) is 5.75. The molecule has 0 heterocycles. The van der Waals surface area contributed by atoms with Crippen LogP contribution < -0.4 is 0 Å². The van der Waals surface area contributed by atoms with Gasteiger partial charge < -0.3 is 0 Å². The van der Waals surface area contributed by atoms with E-state index in [-0.39, 0.29) is 10.8 Å². The molecule has 108 valence electrons. The van der Waals surface area contributed by atoms with E-state index in [1.807, 2.05) is 12.1 Å². The molecule has 0 unspecified atom stereocenters. The van der Waals surface area contributed by atoms with Gasteiger partial charge in [-0.05, 0) is 40.5 Å². The summed E-state index contributed by atoms with van der Waals surface area (Å²) in [6.45, 7) is 8.31. The summed E-state index contributed by atoms with van der Waals surface area (Å²) in [5.41, 5.74) is 2.19. The first-order valence-corrected chi connectivity index (χ1v) is 8.20. The average Bonchev–Trinajstić information content (AvgIpc) is 2.35. The van der Waals surface area contributed by atoms with Gasteiger partial charge in [-0.2, -0.15) is 8.42 Å². The number of hydrogen-bond acceptors (Lipinski definition) is 2. The zero-order chi connectivity index (χ0) is 15.1. The molecule has 2 aromatic carbocycles. The summed E-state index contributed by atoms with van der Waals surface area (Å²) >= 11 is 0. The van der Waals surface area contributed by atoms with Gasteiger partial charge in [-0.3, -0.25) is 4.55 Å². The van der Waals surface area contributed by atoms with Crippen LogP contribution in [-0.2, 0) is 10.1 Å². The van der Waals surface area contributed by atoms with Gasteiger partial charge in [0, 0.05) is 5.39 Å². The molecule has 0 bridgehead atoms. The van der Waals surface area contributed by atoms with Crippen LogP contribution in [0.15, 0.2) is 35.2 Å². The topological polar surface area (TPSA) is 54.4 Å². The van der Waals surface area contributed by atoms with Crippen LogP contribution in [0.5, 0.6) is 0 Å². The highest BCUT2D eigenvalue weighted by atomic mass is 32.2. The molecule has 0 aliphatic heterocycles. The Morgan fingerprint density at radius 1 is 0.950 bits per heavy atom. The van der Waals surface area contributed by atoms with Crippen LogP contribution in [0.1, 0.15) is 50.7 Å². The van der Waals surface area contributed by atoms with Gasteiger partial charge in [0.2, 0.25) is 0 Å². The molecule has 4 heteroatoms. The molecule has 0 aliphatic rings. The van der Waals surface area contributed by atoms with Crippen molar-refractivity contribution < 1.29 is 13.0 Å². The molecule has 0 aromatic heterocycles. The summed E-state index contributed by atoms with van der Waals surface area (Å²) in [5.74, 6) is 0.583. The zero-order valence-electron chi connectivity index (χ0n) is 12.2. The van der Waals surface area contributed by atoms with E-state index in [1.165, 1.54) is 6.07 Å². The standard InChI is InChI=1S/C16H20O3S/c1-10(2)12-8-14(11(3)4)13-6-5-7-16(15(13)9-12)20(17,18)19/h5-11H,1-4H3,(H,17,18,19). The van der Waals surface area contributed by atoms with E-state index >= 15 is 0 Å². The van der Waals surface area contributed by atoms with Crippen LogP contribution in [0.4, 0.5) is 0 Å². The Morgan fingerprint density at radius 3 is 2.10 bits per heavy atom. The highest BCUT2D eigenvalue weighted by molar-refractivity contribution is 7.86. The first-order valence-electron chi connectivity index (χ1n) is 6.76. The van der Waals surface area contributed by atoms with Crippen LogP contribution >= 0.6 is 0 Å². The van der Waals surface area contributed by atoms with E-state index in [1.54, 1.807) is 6.07 Å². The average molecular weight is 292 g/mol. The lowest BCUT2D eigenvalue weighted by atomic mass is 9.90. The fraction of sp³-hybridized carbons (Fsp3) is 0.375. The fourth-order valence-electron chi connectivity index (χ4n) is 2.45. The van der Waals surface area contributed by atoms with Gasteiger partial charge in [-0.15, -0.1) is 0 Å². The number of rotatable bonds is 3. The van der Waals surface area contributed by atoms with E-state index in [0.29, 0.717) is 11.3 Å². The summed E-state index contributed by atoms with van der Waals surface area (Å²) in [5, 5.41) is 1.49. The fourth-order valence-corrected chi connectivity index (χ4v) is 3.14. The van der Waals surface area contributed by atoms with Gasteiger partial charge in [-0.1, -0.05) is 45.9 Å².